The Balaban J connectivity index is 1.38. The van der Waals surface area contributed by atoms with Crippen LogP contribution in [0.4, 0.5) is 4.39 Å². The predicted octanol–water partition coefficient (Wildman–Crippen LogP) is 3.10. The highest BCUT2D eigenvalue weighted by Gasteiger charge is 2.34. The van der Waals surface area contributed by atoms with Crippen molar-refractivity contribution in [3.05, 3.63) is 71.4 Å². The quantitative estimate of drug-likeness (QED) is 0.660. The van der Waals surface area contributed by atoms with Crippen molar-refractivity contribution in [3.63, 3.8) is 0 Å². The zero-order valence-electron chi connectivity index (χ0n) is 13.7. The molecule has 3 aromatic rings. The van der Waals surface area contributed by atoms with Gasteiger partial charge in [0.25, 0.3) is 11.8 Å². The van der Waals surface area contributed by atoms with E-state index in [0.29, 0.717) is 41.2 Å². The first kappa shape index (κ1) is 16.1. The Morgan fingerprint density at radius 1 is 0.962 bits per heavy atom. The molecule has 0 spiro atoms. The summed E-state index contributed by atoms with van der Waals surface area (Å²) in [5, 5.41) is 3.87. The van der Waals surface area contributed by atoms with E-state index < -0.39 is 0 Å². The number of amides is 2. The Kier molecular flexibility index (Phi) is 4.04. The van der Waals surface area contributed by atoms with Crippen molar-refractivity contribution in [1.29, 1.82) is 0 Å². The van der Waals surface area contributed by atoms with Gasteiger partial charge in [-0.05, 0) is 42.8 Å². The fourth-order valence-corrected chi connectivity index (χ4v) is 2.90. The monoisotopic (exact) mass is 351 g/mol. The van der Waals surface area contributed by atoms with Crippen LogP contribution in [0.5, 0.6) is 0 Å². The number of imide groups is 1. The van der Waals surface area contributed by atoms with E-state index in [9.17, 15) is 14.0 Å². The summed E-state index contributed by atoms with van der Waals surface area (Å²) in [5.74, 6) is -0.105. The molecule has 2 aromatic carbocycles. The van der Waals surface area contributed by atoms with Gasteiger partial charge in [0.2, 0.25) is 11.7 Å². The fourth-order valence-electron chi connectivity index (χ4n) is 2.90. The molecule has 0 radical (unpaired) electrons. The summed E-state index contributed by atoms with van der Waals surface area (Å²) in [6.07, 6.45) is 0.943. The Labute approximate surface area is 148 Å². The van der Waals surface area contributed by atoms with Crippen molar-refractivity contribution in [1.82, 2.24) is 15.0 Å². The van der Waals surface area contributed by atoms with E-state index in [4.69, 9.17) is 4.52 Å². The third kappa shape index (κ3) is 2.88. The minimum absolute atomic E-state index is 0.275. The molecule has 7 heteroatoms. The summed E-state index contributed by atoms with van der Waals surface area (Å²) in [7, 11) is 0. The summed E-state index contributed by atoms with van der Waals surface area (Å²) in [4.78, 5) is 30.1. The Bertz CT molecular complexity index is 947. The van der Waals surface area contributed by atoms with Gasteiger partial charge in [-0.2, -0.15) is 4.98 Å². The van der Waals surface area contributed by atoms with Gasteiger partial charge < -0.3 is 4.52 Å². The van der Waals surface area contributed by atoms with E-state index in [0.717, 1.165) is 0 Å². The zero-order valence-corrected chi connectivity index (χ0v) is 13.7. The predicted molar refractivity (Wildman–Crippen MR) is 89.8 cm³/mol. The van der Waals surface area contributed by atoms with Crippen LogP contribution >= 0.6 is 0 Å². The number of carbonyl (C=O) groups is 2. The lowest BCUT2D eigenvalue weighted by atomic mass is 10.1. The highest BCUT2D eigenvalue weighted by molar-refractivity contribution is 6.21. The molecular weight excluding hydrogens is 337 g/mol. The average molecular weight is 351 g/mol. The smallest absolute Gasteiger partial charge is 0.261 e. The van der Waals surface area contributed by atoms with E-state index in [1.54, 1.807) is 36.4 Å². The van der Waals surface area contributed by atoms with Crippen LogP contribution in [0.3, 0.4) is 0 Å². The fraction of sp³-hybridized carbons (Fsp3) is 0.158. The number of rotatable bonds is 5. The largest absolute Gasteiger partial charge is 0.339 e. The molecule has 1 aliphatic rings. The van der Waals surface area contributed by atoms with Gasteiger partial charge in [-0.1, -0.05) is 17.3 Å². The molecule has 0 saturated carbocycles. The maximum Gasteiger partial charge on any atom is 0.261 e. The normalized spacial score (nSPS) is 13.3. The molecule has 0 atom stereocenters. The number of benzene rings is 2. The number of hydrogen-bond acceptors (Lipinski definition) is 5. The molecule has 2 amide bonds. The highest BCUT2D eigenvalue weighted by Crippen LogP contribution is 2.23. The zero-order chi connectivity index (χ0) is 18.1. The molecule has 0 unspecified atom stereocenters. The average Bonchev–Trinajstić information content (AvgIpc) is 3.22. The van der Waals surface area contributed by atoms with E-state index in [1.165, 1.54) is 17.0 Å². The van der Waals surface area contributed by atoms with Gasteiger partial charge in [-0.25, -0.2) is 4.39 Å². The van der Waals surface area contributed by atoms with E-state index in [1.807, 2.05) is 0 Å². The summed E-state index contributed by atoms with van der Waals surface area (Å²) < 4.78 is 18.1. The summed E-state index contributed by atoms with van der Waals surface area (Å²) >= 11 is 0. The summed E-state index contributed by atoms with van der Waals surface area (Å²) in [6, 6.07) is 12.6. The lowest BCUT2D eigenvalue weighted by Crippen LogP contribution is -2.30. The molecule has 1 aliphatic heterocycles. The van der Waals surface area contributed by atoms with Crippen molar-refractivity contribution in [2.45, 2.75) is 12.8 Å². The van der Waals surface area contributed by atoms with E-state index >= 15 is 0 Å². The standard InChI is InChI=1S/C19H14FN3O3/c20-13-9-7-12(8-10-13)17-21-16(26-22-17)6-3-11-23-18(24)14-4-1-2-5-15(14)19(23)25/h1-2,4-5,7-10H,3,6,11H2. The maximum absolute atomic E-state index is 13.0. The lowest BCUT2D eigenvalue weighted by molar-refractivity contribution is 0.0651. The molecule has 0 saturated heterocycles. The van der Waals surface area contributed by atoms with Crippen LogP contribution in [0.15, 0.2) is 53.1 Å². The highest BCUT2D eigenvalue weighted by atomic mass is 19.1. The minimum atomic E-state index is -0.335. The van der Waals surface area contributed by atoms with Crippen molar-refractivity contribution in [2.24, 2.45) is 0 Å². The number of carbonyl (C=O) groups excluding carboxylic acids is 2. The number of halogens is 1. The van der Waals surface area contributed by atoms with Gasteiger partial charge in [-0.3, -0.25) is 14.5 Å². The second-order valence-electron chi connectivity index (χ2n) is 5.93. The molecule has 26 heavy (non-hydrogen) atoms. The molecule has 1 aromatic heterocycles. The van der Waals surface area contributed by atoms with Crippen molar-refractivity contribution in [3.8, 4) is 11.4 Å². The van der Waals surface area contributed by atoms with E-state index in [-0.39, 0.29) is 24.2 Å². The lowest BCUT2D eigenvalue weighted by Gasteiger charge is -2.12. The van der Waals surface area contributed by atoms with E-state index in [2.05, 4.69) is 10.1 Å². The van der Waals surface area contributed by atoms with Crippen molar-refractivity contribution in [2.75, 3.05) is 6.54 Å². The van der Waals surface area contributed by atoms with Gasteiger partial charge in [0.1, 0.15) is 5.82 Å². The number of hydrogen-bond donors (Lipinski definition) is 0. The number of fused-ring (bicyclic) bond motifs is 1. The number of aryl methyl sites for hydroxylation is 1. The first-order valence-corrected chi connectivity index (χ1v) is 8.17. The van der Waals surface area contributed by atoms with Gasteiger partial charge >= 0.3 is 0 Å². The summed E-state index contributed by atoms with van der Waals surface area (Å²) in [6.45, 7) is 0.278. The molecule has 0 aliphatic carbocycles. The molecule has 0 N–H and O–H groups in total. The molecule has 6 nitrogen and oxygen atoms in total. The van der Waals surface area contributed by atoms with Crippen LogP contribution in [0, 0.1) is 5.82 Å². The Morgan fingerprint density at radius 3 is 2.27 bits per heavy atom. The van der Waals surface area contributed by atoms with Crippen LogP contribution in [0.2, 0.25) is 0 Å². The van der Waals surface area contributed by atoms with Gasteiger partial charge in [0.05, 0.1) is 11.1 Å². The van der Waals surface area contributed by atoms with Crippen LogP contribution in [0.1, 0.15) is 33.0 Å². The number of nitrogens with zero attached hydrogens (tertiary/aromatic N) is 3. The third-order valence-electron chi connectivity index (χ3n) is 4.22. The van der Waals surface area contributed by atoms with Crippen LogP contribution < -0.4 is 0 Å². The first-order valence-electron chi connectivity index (χ1n) is 8.17. The molecule has 2 heterocycles. The molecular formula is C19H14FN3O3. The second-order valence-corrected chi connectivity index (χ2v) is 5.93. The molecule has 130 valence electrons. The van der Waals surface area contributed by atoms with Crippen molar-refractivity contribution >= 4 is 11.8 Å². The first-order chi connectivity index (χ1) is 12.6. The van der Waals surface area contributed by atoms with Gasteiger partial charge in [0, 0.05) is 18.5 Å². The summed E-state index contributed by atoms with van der Waals surface area (Å²) in [5.41, 5.74) is 1.53. The topological polar surface area (TPSA) is 76.3 Å². The van der Waals surface area contributed by atoms with Crippen molar-refractivity contribution < 1.29 is 18.5 Å². The third-order valence-corrected chi connectivity index (χ3v) is 4.22. The number of aromatic nitrogens is 2. The van der Waals surface area contributed by atoms with Crippen LogP contribution in [-0.2, 0) is 6.42 Å². The SMILES string of the molecule is O=C1c2ccccc2C(=O)N1CCCc1nc(-c2ccc(F)cc2)no1. The maximum atomic E-state index is 13.0. The molecule has 4 rings (SSSR count). The molecule has 0 fully saturated rings. The van der Waals surface area contributed by atoms with Crippen LogP contribution in [0.25, 0.3) is 11.4 Å². The second kappa shape index (κ2) is 6.51. The molecule has 0 bridgehead atoms. The Hall–Kier alpha value is -3.35. The van der Waals surface area contributed by atoms with Gasteiger partial charge in [0.15, 0.2) is 0 Å². The van der Waals surface area contributed by atoms with Crippen LogP contribution in [-0.4, -0.2) is 33.4 Å². The minimum Gasteiger partial charge on any atom is -0.339 e. The van der Waals surface area contributed by atoms with Gasteiger partial charge in [-0.15, -0.1) is 0 Å². The Morgan fingerprint density at radius 2 is 1.62 bits per heavy atom.